The van der Waals surface area contributed by atoms with Crippen LogP contribution in [-0.2, 0) is 19.1 Å². The van der Waals surface area contributed by atoms with E-state index in [-0.39, 0.29) is 6.61 Å². The zero-order valence-electron chi connectivity index (χ0n) is 16.4. The predicted octanol–water partition coefficient (Wildman–Crippen LogP) is 3.32. The van der Waals surface area contributed by atoms with Crippen molar-refractivity contribution in [1.82, 2.24) is 4.57 Å². The van der Waals surface area contributed by atoms with Gasteiger partial charge in [-0.25, -0.2) is 14.4 Å². The number of hydrogen-bond acceptors (Lipinski definition) is 6. The third-order valence-electron chi connectivity index (χ3n) is 4.59. The van der Waals surface area contributed by atoms with Gasteiger partial charge in [-0.15, -0.1) is 0 Å². The number of carbonyl (C=O) groups excluding carboxylic acids is 3. The molecule has 0 saturated carbocycles. The van der Waals surface area contributed by atoms with Crippen molar-refractivity contribution < 1.29 is 23.9 Å². The average Bonchev–Trinajstić information content (AvgIpc) is 2.98. The Morgan fingerprint density at radius 2 is 1.80 bits per heavy atom. The summed E-state index contributed by atoms with van der Waals surface area (Å²) in [6.45, 7) is 3.10. The molecule has 0 radical (unpaired) electrons. The molecule has 1 N–H and O–H groups in total. The lowest BCUT2D eigenvalue weighted by Gasteiger charge is -2.13. The molecule has 1 unspecified atom stereocenters. The minimum absolute atomic E-state index is 0.181. The number of amides is 1. The van der Waals surface area contributed by atoms with E-state index in [1.807, 2.05) is 18.2 Å². The van der Waals surface area contributed by atoms with Crippen LogP contribution >= 0.6 is 0 Å². The zero-order valence-corrected chi connectivity index (χ0v) is 16.4. The maximum absolute atomic E-state index is 12.9. The second kappa shape index (κ2) is 7.82. The number of ether oxygens (including phenoxy) is 2. The second-order valence-corrected chi connectivity index (χ2v) is 6.57. The van der Waals surface area contributed by atoms with Gasteiger partial charge in [-0.3, -0.25) is 9.59 Å². The largest absolute Gasteiger partial charge is 0.449 e. The van der Waals surface area contributed by atoms with Crippen LogP contribution in [0.25, 0.3) is 10.9 Å². The molecule has 0 saturated heterocycles. The lowest BCUT2D eigenvalue weighted by molar-refractivity contribution is -0.151. The molecular weight excluding hydrogens is 386 g/mol. The van der Waals surface area contributed by atoms with Crippen LogP contribution in [0.2, 0.25) is 0 Å². The van der Waals surface area contributed by atoms with E-state index < -0.39 is 24.2 Å². The molecule has 2 aromatic carbocycles. The van der Waals surface area contributed by atoms with Gasteiger partial charge in [-0.2, -0.15) is 0 Å². The molecule has 1 atom stereocenters. The summed E-state index contributed by atoms with van der Waals surface area (Å²) in [4.78, 5) is 41.7. The van der Waals surface area contributed by atoms with Crippen molar-refractivity contribution in [2.24, 2.45) is 4.99 Å². The Morgan fingerprint density at radius 1 is 1.10 bits per heavy atom. The van der Waals surface area contributed by atoms with Gasteiger partial charge in [0.15, 0.2) is 0 Å². The fraction of sp³-hybridized carbons (Fsp3) is 0.182. The van der Waals surface area contributed by atoms with Gasteiger partial charge in [0, 0.05) is 17.9 Å². The first-order valence-corrected chi connectivity index (χ1v) is 9.43. The SMILES string of the molecule is CCOC(=O)n1c2c(c3ccccc31)NC(=O)C(OC(C)=O)N=C2c1ccccc1. The van der Waals surface area contributed by atoms with Crippen molar-refractivity contribution >= 4 is 40.3 Å². The standard InChI is InChI=1S/C22H19N3O5/c1-3-29-22(28)25-16-12-8-7-11-15(16)18-19(25)17(14-9-5-4-6-10-14)24-21(20(27)23-18)30-13(2)26/h4-12,21H,3H2,1-2H3,(H,23,27). The fourth-order valence-electron chi connectivity index (χ4n) is 3.43. The van der Waals surface area contributed by atoms with Crippen LogP contribution in [-0.4, -0.2) is 41.1 Å². The molecule has 2 heterocycles. The summed E-state index contributed by atoms with van der Waals surface area (Å²) >= 11 is 0. The molecule has 1 aliphatic heterocycles. The fourth-order valence-corrected chi connectivity index (χ4v) is 3.43. The topological polar surface area (TPSA) is 99.0 Å². The van der Waals surface area contributed by atoms with Gasteiger partial charge in [0.25, 0.3) is 12.1 Å². The number of fused-ring (bicyclic) bond motifs is 3. The molecule has 30 heavy (non-hydrogen) atoms. The number of nitrogens with zero attached hydrogens (tertiary/aromatic N) is 2. The summed E-state index contributed by atoms with van der Waals surface area (Å²) in [5.41, 5.74) is 2.32. The minimum Gasteiger partial charge on any atom is -0.449 e. The first kappa shape index (κ1) is 19.4. The van der Waals surface area contributed by atoms with Crippen LogP contribution in [0.5, 0.6) is 0 Å². The number of anilines is 1. The van der Waals surface area contributed by atoms with E-state index in [1.54, 1.807) is 43.3 Å². The Balaban J connectivity index is 2.06. The molecule has 0 fully saturated rings. The second-order valence-electron chi connectivity index (χ2n) is 6.57. The number of para-hydroxylation sites is 1. The van der Waals surface area contributed by atoms with E-state index in [1.165, 1.54) is 11.5 Å². The Labute approximate surface area is 172 Å². The average molecular weight is 405 g/mol. The molecule has 0 spiro atoms. The maximum atomic E-state index is 12.9. The monoisotopic (exact) mass is 405 g/mol. The van der Waals surface area contributed by atoms with Gasteiger partial charge in [-0.1, -0.05) is 48.5 Å². The Bertz CT molecular complexity index is 1180. The summed E-state index contributed by atoms with van der Waals surface area (Å²) in [6.07, 6.45) is -1.99. The molecule has 3 aromatic rings. The molecule has 1 amide bonds. The number of rotatable bonds is 3. The molecule has 0 aliphatic carbocycles. The summed E-state index contributed by atoms with van der Waals surface area (Å²) in [6, 6.07) is 16.2. The van der Waals surface area contributed by atoms with Gasteiger partial charge < -0.3 is 14.8 Å². The third kappa shape index (κ3) is 3.32. The van der Waals surface area contributed by atoms with E-state index in [0.29, 0.717) is 33.6 Å². The first-order valence-electron chi connectivity index (χ1n) is 9.43. The Hall–Kier alpha value is -3.94. The van der Waals surface area contributed by atoms with Gasteiger partial charge in [-0.05, 0) is 13.0 Å². The lowest BCUT2D eigenvalue weighted by atomic mass is 10.1. The number of aromatic nitrogens is 1. The number of esters is 1. The van der Waals surface area contributed by atoms with Crippen molar-refractivity contribution in [2.75, 3.05) is 11.9 Å². The molecule has 1 aromatic heterocycles. The van der Waals surface area contributed by atoms with Crippen LogP contribution in [0.3, 0.4) is 0 Å². The summed E-state index contributed by atoms with van der Waals surface area (Å²) in [7, 11) is 0. The number of nitrogens with one attached hydrogen (secondary N) is 1. The highest BCUT2D eigenvalue weighted by atomic mass is 16.6. The van der Waals surface area contributed by atoms with Gasteiger partial charge in [0.1, 0.15) is 5.69 Å². The van der Waals surface area contributed by atoms with E-state index in [9.17, 15) is 14.4 Å². The normalized spacial score (nSPS) is 15.6. The van der Waals surface area contributed by atoms with E-state index in [4.69, 9.17) is 9.47 Å². The van der Waals surface area contributed by atoms with Crippen LogP contribution in [0.15, 0.2) is 59.6 Å². The van der Waals surface area contributed by atoms with Crippen molar-refractivity contribution in [3.8, 4) is 0 Å². The van der Waals surface area contributed by atoms with Gasteiger partial charge >= 0.3 is 12.1 Å². The van der Waals surface area contributed by atoms with Crippen molar-refractivity contribution in [2.45, 2.75) is 20.1 Å². The highest BCUT2D eigenvalue weighted by Gasteiger charge is 2.34. The van der Waals surface area contributed by atoms with Crippen LogP contribution in [0.1, 0.15) is 25.1 Å². The quantitative estimate of drug-likeness (QED) is 0.674. The minimum atomic E-state index is -1.39. The summed E-state index contributed by atoms with van der Waals surface area (Å²) < 4.78 is 11.8. The highest BCUT2D eigenvalue weighted by Crippen LogP contribution is 2.35. The zero-order chi connectivity index (χ0) is 21.3. The summed E-state index contributed by atoms with van der Waals surface area (Å²) in [5, 5.41) is 3.42. The third-order valence-corrected chi connectivity index (χ3v) is 4.59. The van der Waals surface area contributed by atoms with Gasteiger partial charge in [0.2, 0.25) is 0 Å². The van der Waals surface area contributed by atoms with Crippen molar-refractivity contribution in [1.29, 1.82) is 0 Å². The molecule has 152 valence electrons. The molecule has 8 nitrogen and oxygen atoms in total. The van der Waals surface area contributed by atoms with Crippen molar-refractivity contribution in [3.63, 3.8) is 0 Å². The Morgan fingerprint density at radius 3 is 2.50 bits per heavy atom. The number of benzene rings is 2. The highest BCUT2D eigenvalue weighted by molar-refractivity contribution is 6.25. The lowest BCUT2D eigenvalue weighted by Crippen LogP contribution is -2.29. The van der Waals surface area contributed by atoms with Crippen LogP contribution in [0, 0.1) is 0 Å². The molecular formula is C22H19N3O5. The number of carbonyl (C=O) groups is 3. The van der Waals surface area contributed by atoms with Crippen LogP contribution in [0.4, 0.5) is 10.5 Å². The maximum Gasteiger partial charge on any atom is 0.419 e. The predicted molar refractivity (Wildman–Crippen MR) is 111 cm³/mol. The first-order chi connectivity index (χ1) is 14.5. The molecule has 0 bridgehead atoms. The molecule has 4 rings (SSSR count). The number of hydrogen-bond donors (Lipinski definition) is 1. The summed E-state index contributed by atoms with van der Waals surface area (Å²) in [5.74, 6) is -1.25. The van der Waals surface area contributed by atoms with Gasteiger partial charge in [0.05, 0.1) is 23.5 Å². The molecule has 8 heteroatoms. The van der Waals surface area contributed by atoms with E-state index >= 15 is 0 Å². The smallest absolute Gasteiger partial charge is 0.419 e. The van der Waals surface area contributed by atoms with Crippen LogP contribution < -0.4 is 5.32 Å². The van der Waals surface area contributed by atoms with E-state index in [2.05, 4.69) is 10.3 Å². The van der Waals surface area contributed by atoms with E-state index in [0.717, 1.165) is 0 Å². The molecule has 1 aliphatic rings. The van der Waals surface area contributed by atoms with Crippen molar-refractivity contribution in [3.05, 3.63) is 65.9 Å². The Kier molecular flexibility index (Phi) is 5.05. The number of aliphatic imine (C=N–C) groups is 1.